The van der Waals surface area contributed by atoms with E-state index in [0.717, 1.165) is 11.3 Å². The van der Waals surface area contributed by atoms with Crippen LogP contribution in [0.4, 0.5) is 4.39 Å². The Hall–Kier alpha value is -2.74. The van der Waals surface area contributed by atoms with E-state index in [0.29, 0.717) is 13.0 Å². The first-order valence-electron chi connectivity index (χ1n) is 8.77. The second-order valence-electron chi connectivity index (χ2n) is 6.73. The fraction of sp³-hybridized carbons (Fsp3) is 0.421. The van der Waals surface area contributed by atoms with E-state index < -0.39 is 6.10 Å². The number of methoxy groups -OCH3 is 1. The lowest BCUT2D eigenvalue weighted by Gasteiger charge is -2.24. The fourth-order valence-corrected chi connectivity index (χ4v) is 3.34. The summed E-state index contributed by atoms with van der Waals surface area (Å²) in [5, 5.41) is 7.19. The summed E-state index contributed by atoms with van der Waals surface area (Å²) in [6.07, 6.45) is 3.35. The number of amides is 2. The Morgan fingerprint density at radius 1 is 1.41 bits per heavy atom. The molecule has 1 saturated heterocycles. The smallest absolute Gasteiger partial charge is 0.248 e. The molecule has 1 aliphatic rings. The molecule has 1 aromatic heterocycles. The minimum absolute atomic E-state index is 0.0218. The van der Waals surface area contributed by atoms with Gasteiger partial charge in [-0.1, -0.05) is 0 Å². The van der Waals surface area contributed by atoms with Crippen molar-refractivity contribution in [1.29, 1.82) is 0 Å². The van der Waals surface area contributed by atoms with E-state index in [2.05, 4.69) is 10.4 Å². The zero-order valence-electron chi connectivity index (χ0n) is 15.6. The molecule has 1 N–H and O–H groups in total. The number of ether oxygens (including phenoxy) is 1. The largest absolute Gasteiger partial charge is 0.372 e. The van der Waals surface area contributed by atoms with Crippen molar-refractivity contribution in [3.8, 4) is 5.69 Å². The number of benzene rings is 1. The Kier molecular flexibility index (Phi) is 5.55. The monoisotopic (exact) mass is 374 g/mol. The first-order valence-corrected chi connectivity index (χ1v) is 8.77. The van der Waals surface area contributed by atoms with Gasteiger partial charge in [0.1, 0.15) is 11.9 Å². The molecule has 2 aromatic rings. The number of hydrogen-bond donors (Lipinski definition) is 1. The van der Waals surface area contributed by atoms with Crippen molar-refractivity contribution in [2.45, 2.75) is 25.5 Å². The van der Waals surface area contributed by atoms with Crippen molar-refractivity contribution in [3.05, 3.63) is 48.0 Å². The molecule has 0 radical (unpaired) electrons. The number of carbonyl (C=O) groups is 2. The number of carbonyl (C=O) groups excluding carboxylic acids is 2. The Morgan fingerprint density at radius 3 is 2.78 bits per heavy atom. The highest BCUT2D eigenvalue weighted by Crippen LogP contribution is 2.36. The number of nitrogens with one attached hydrogen (secondary N) is 1. The fourth-order valence-electron chi connectivity index (χ4n) is 3.34. The molecule has 1 unspecified atom stereocenters. The van der Waals surface area contributed by atoms with Gasteiger partial charge in [-0.25, -0.2) is 9.07 Å². The van der Waals surface area contributed by atoms with E-state index in [1.54, 1.807) is 41.9 Å². The van der Waals surface area contributed by atoms with E-state index >= 15 is 0 Å². The maximum atomic E-state index is 13.1. The Labute approximate surface area is 157 Å². The average molecular weight is 374 g/mol. The topological polar surface area (TPSA) is 76.5 Å². The van der Waals surface area contributed by atoms with Gasteiger partial charge < -0.3 is 15.0 Å². The molecule has 8 heteroatoms. The molecular formula is C19H23FN4O3. The average Bonchev–Trinajstić information content (AvgIpc) is 3.24. The van der Waals surface area contributed by atoms with Gasteiger partial charge in [0.25, 0.3) is 0 Å². The van der Waals surface area contributed by atoms with Gasteiger partial charge in [0.2, 0.25) is 11.8 Å². The van der Waals surface area contributed by atoms with Crippen LogP contribution in [0.5, 0.6) is 0 Å². The third-order valence-corrected chi connectivity index (χ3v) is 4.99. The molecule has 3 rings (SSSR count). The van der Waals surface area contributed by atoms with Gasteiger partial charge in [-0.3, -0.25) is 9.59 Å². The van der Waals surface area contributed by atoms with E-state index in [4.69, 9.17) is 4.74 Å². The summed E-state index contributed by atoms with van der Waals surface area (Å²) in [5.74, 6) is -0.566. The van der Waals surface area contributed by atoms with E-state index in [1.807, 2.05) is 6.20 Å². The molecule has 144 valence electrons. The van der Waals surface area contributed by atoms with Gasteiger partial charge in [0.15, 0.2) is 0 Å². The second kappa shape index (κ2) is 7.87. The Balaban J connectivity index is 1.77. The number of aromatic nitrogens is 2. The summed E-state index contributed by atoms with van der Waals surface area (Å²) in [7, 11) is 3.23. The predicted molar refractivity (Wildman–Crippen MR) is 96.6 cm³/mol. The summed E-state index contributed by atoms with van der Waals surface area (Å²) in [5.41, 5.74) is 1.60. The van der Waals surface area contributed by atoms with Crippen LogP contribution < -0.4 is 5.32 Å². The van der Waals surface area contributed by atoms with Crippen LogP contribution in [-0.2, 0) is 14.3 Å². The first kappa shape index (κ1) is 19.0. The molecule has 0 aliphatic carbocycles. The molecule has 1 fully saturated rings. The lowest BCUT2D eigenvalue weighted by atomic mass is 9.95. The van der Waals surface area contributed by atoms with Crippen LogP contribution in [0.1, 0.15) is 24.9 Å². The molecule has 0 saturated carbocycles. The highest BCUT2D eigenvalue weighted by Gasteiger charge is 2.39. The molecule has 1 aromatic carbocycles. The lowest BCUT2D eigenvalue weighted by Crippen LogP contribution is -2.38. The van der Waals surface area contributed by atoms with E-state index in [-0.39, 0.29) is 29.6 Å². The summed E-state index contributed by atoms with van der Waals surface area (Å²) in [6, 6.07) is 5.83. The van der Waals surface area contributed by atoms with Gasteiger partial charge >= 0.3 is 0 Å². The third-order valence-electron chi connectivity index (χ3n) is 4.99. The van der Waals surface area contributed by atoms with Crippen LogP contribution in [0.25, 0.3) is 5.69 Å². The van der Waals surface area contributed by atoms with Crippen molar-refractivity contribution in [3.63, 3.8) is 0 Å². The standard InChI is InChI=1S/C19H23FN4O3/c1-12(27-3)19(26)21-9-13-8-17(25)23(2)18(13)14-10-22-24(11-14)16-6-4-15(20)5-7-16/h4-7,10-13,18H,8-9H2,1-3H3,(H,21,26)/t12?,13-,18+/m0/s1. The van der Waals surface area contributed by atoms with Crippen LogP contribution >= 0.6 is 0 Å². The number of rotatable bonds is 6. The Morgan fingerprint density at radius 2 is 2.11 bits per heavy atom. The van der Waals surface area contributed by atoms with E-state index in [9.17, 15) is 14.0 Å². The molecule has 0 spiro atoms. The minimum atomic E-state index is -0.542. The van der Waals surface area contributed by atoms with Crippen LogP contribution in [0.15, 0.2) is 36.7 Å². The first-order chi connectivity index (χ1) is 12.9. The van der Waals surface area contributed by atoms with Crippen molar-refractivity contribution in [2.75, 3.05) is 20.7 Å². The summed E-state index contributed by atoms with van der Waals surface area (Å²) in [6.45, 7) is 2.04. The predicted octanol–water partition coefficient (Wildman–Crippen LogP) is 1.68. The zero-order chi connectivity index (χ0) is 19.6. The molecule has 1 aliphatic heterocycles. The van der Waals surface area contributed by atoms with Crippen LogP contribution in [-0.4, -0.2) is 53.3 Å². The van der Waals surface area contributed by atoms with E-state index in [1.165, 1.54) is 19.2 Å². The number of likely N-dealkylation sites (tertiary alicyclic amines) is 1. The van der Waals surface area contributed by atoms with Crippen LogP contribution in [0, 0.1) is 11.7 Å². The SMILES string of the molecule is COC(C)C(=O)NC[C@@H]1CC(=O)N(C)[C@H]1c1cnn(-c2ccc(F)cc2)c1. The molecule has 2 heterocycles. The highest BCUT2D eigenvalue weighted by atomic mass is 19.1. The van der Waals surface area contributed by atoms with Gasteiger partial charge in [-0.05, 0) is 31.2 Å². The van der Waals surface area contributed by atoms with Crippen LogP contribution in [0.3, 0.4) is 0 Å². The molecule has 7 nitrogen and oxygen atoms in total. The highest BCUT2D eigenvalue weighted by molar-refractivity contribution is 5.81. The third kappa shape index (κ3) is 4.00. The second-order valence-corrected chi connectivity index (χ2v) is 6.73. The van der Waals surface area contributed by atoms with Gasteiger partial charge in [-0.2, -0.15) is 5.10 Å². The molecule has 27 heavy (non-hydrogen) atoms. The number of halogens is 1. The van der Waals surface area contributed by atoms with Crippen molar-refractivity contribution < 1.29 is 18.7 Å². The lowest BCUT2D eigenvalue weighted by molar-refractivity contribution is -0.130. The summed E-state index contributed by atoms with van der Waals surface area (Å²) in [4.78, 5) is 25.9. The van der Waals surface area contributed by atoms with Crippen molar-refractivity contribution in [1.82, 2.24) is 20.0 Å². The molecule has 3 atom stereocenters. The molecule has 2 amide bonds. The van der Waals surface area contributed by atoms with Crippen molar-refractivity contribution >= 4 is 11.8 Å². The number of nitrogens with zero attached hydrogens (tertiary/aromatic N) is 3. The molecular weight excluding hydrogens is 351 g/mol. The van der Waals surface area contributed by atoms with Crippen molar-refractivity contribution in [2.24, 2.45) is 5.92 Å². The summed E-state index contributed by atoms with van der Waals surface area (Å²) < 4.78 is 19.8. The van der Waals surface area contributed by atoms with Gasteiger partial charge in [0, 0.05) is 44.8 Å². The number of hydrogen-bond acceptors (Lipinski definition) is 4. The minimum Gasteiger partial charge on any atom is -0.372 e. The normalized spacial score (nSPS) is 20.7. The maximum Gasteiger partial charge on any atom is 0.248 e. The zero-order valence-corrected chi connectivity index (χ0v) is 15.6. The van der Waals surface area contributed by atoms with Gasteiger partial charge in [0.05, 0.1) is 17.9 Å². The maximum absolute atomic E-state index is 13.1. The quantitative estimate of drug-likeness (QED) is 0.835. The van der Waals surface area contributed by atoms with Crippen LogP contribution in [0.2, 0.25) is 0 Å². The Bertz CT molecular complexity index is 821. The molecule has 0 bridgehead atoms. The van der Waals surface area contributed by atoms with Gasteiger partial charge in [-0.15, -0.1) is 0 Å². The summed E-state index contributed by atoms with van der Waals surface area (Å²) >= 11 is 0.